The van der Waals surface area contributed by atoms with E-state index in [0.29, 0.717) is 29.4 Å². The molecule has 2 rings (SSSR count). The van der Waals surface area contributed by atoms with E-state index in [9.17, 15) is 4.79 Å². The molecule has 0 radical (unpaired) electrons. The lowest BCUT2D eigenvalue weighted by molar-refractivity contribution is -0.121. The van der Waals surface area contributed by atoms with Crippen molar-refractivity contribution in [2.75, 3.05) is 6.54 Å². The lowest BCUT2D eigenvalue weighted by Crippen LogP contribution is -2.35. The van der Waals surface area contributed by atoms with Gasteiger partial charge >= 0.3 is 0 Å². The van der Waals surface area contributed by atoms with Crippen molar-refractivity contribution < 1.29 is 4.79 Å². The maximum atomic E-state index is 12.4. The van der Waals surface area contributed by atoms with Crippen LogP contribution in [0.5, 0.6) is 0 Å². The van der Waals surface area contributed by atoms with Gasteiger partial charge in [-0.15, -0.1) is 0 Å². The lowest BCUT2D eigenvalue weighted by atomic mass is 9.70. The van der Waals surface area contributed by atoms with Gasteiger partial charge in [-0.2, -0.15) is 0 Å². The van der Waals surface area contributed by atoms with Gasteiger partial charge in [0.25, 0.3) is 0 Å². The summed E-state index contributed by atoms with van der Waals surface area (Å²) in [6.07, 6.45) is 6.67. The Hall–Kier alpha value is -0.570. The van der Waals surface area contributed by atoms with Gasteiger partial charge in [-0.25, -0.2) is 0 Å². The van der Waals surface area contributed by atoms with Crippen molar-refractivity contribution in [2.45, 2.75) is 44.9 Å². The molecule has 1 aromatic carbocycles. The van der Waals surface area contributed by atoms with Gasteiger partial charge in [0.15, 0.2) is 0 Å². The van der Waals surface area contributed by atoms with Crippen LogP contribution in [-0.4, -0.2) is 12.3 Å². The number of hydrogen-bond acceptors (Lipinski definition) is 2. The second-order valence-corrected chi connectivity index (χ2v) is 6.74. The first kappa shape index (κ1) is 15.8. The number of halogens is 2. The summed E-state index contributed by atoms with van der Waals surface area (Å²) in [6.45, 7) is 0.599. The SMILES string of the molecule is NCC1(CC(=O)Cc2cc(Cl)ccc2Cl)CCCCC1. The normalized spacial score (nSPS) is 17.9. The van der Waals surface area contributed by atoms with E-state index in [0.717, 1.165) is 18.4 Å². The maximum absolute atomic E-state index is 12.4. The molecule has 110 valence electrons. The number of Topliss-reactive ketones (excluding diaryl/α,β-unsaturated/α-hetero) is 1. The first-order valence-electron chi connectivity index (χ1n) is 7.20. The van der Waals surface area contributed by atoms with Crippen molar-refractivity contribution in [3.05, 3.63) is 33.8 Å². The summed E-state index contributed by atoms with van der Waals surface area (Å²) in [7, 11) is 0. The molecule has 2 N–H and O–H groups in total. The number of ketones is 1. The Morgan fingerprint density at radius 3 is 2.55 bits per heavy atom. The van der Waals surface area contributed by atoms with Gasteiger partial charge < -0.3 is 5.73 Å². The van der Waals surface area contributed by atoms with Crippen LogP contribution < -0.4 is 5.73 Å². The van der Waals surface area contributed by atoms with E-state index < -0.39 is 0 Å². The standard InChI is InChI=1S/C16H21Cl2NO/c17-13-4-5-15(18)12(8-13)9-14(20)10-16(11-19)6-2-1-3-7-16/h4-5,8H,1-3,6-7,9-11,19H2. The Balaban J connectivity index is 2.02. The lowest BCUT2D eigenvalue weighted by Gasteiger charge is -2.35. The van der Waals surface area contributed by atoms with Gasteiger partial charge in [0.1, 0.15) is 5.78 Å². The summed E-state index contributed by atoms with van der Waals surface area (Å²) in [5.41, 5.74) is 6.76. The molecule has 0 unspecified atom stereocenters. The monoisotopic (exact) mass is 313 g/mol. The molecule has 0 heterocycles. The number of hydrogen-bond donors (Lipinski definition) is 1. The molecular formula is C16H21Cl2NO. The van der Waals surface area contributed by atoms with Crippen LogP contribution in [0.3, 0.4) is 0 Å². The minimum atomic E-state index is 0.0143. The molecule has 20 heavy (non-hydrogen) atoms. The topological polar surface area (TPSA) is 43.1 Å². The maximum Gasteiger partial charge on any atom is 0.137 e. The van der Waals surface area contributed by atoms with Crippen LogP contribution in [0.15, 0.2) is 18.2 Å². The second kappa shape index (κ2) is 6.93. The first-order chi connectivity index (χ1) is 9.54. The smallest absolute Gasteiger partial charge is 0.137 e. The molecule has 0 aromatic heterocycles. The average molecular weight is 314 g/mol. The predicted octanol–water partition coefficient (Wildman–Crippen LogP) is 4.40. The zero-order valence-corrected chi connectivity index (χ0v) is 13.1. The van der Waals surface area contributed by atoms with Crippen molar-refractivity contribution in [1.82, 2.24) is 0 Å². The molecule has 4 heteroatoms. The summed E-state index contributed by atoms with van der Waals surface area (Å²) in [4.78, 5) is 12.4. The van der Waals surface area contributed by atoms with Gasteiger partial charge in [-0.3, -0.25) is 4.79 Å². The van der Waals surface area contributed by atoms with Crippen LogP contribution in [0.1, 0.15) is 44.1 Å². The number of carbonyl (C=O) groups excluding carboxylic acids is 1. The molecule has 0 atom stereocenters. The van der Waals surface area contributed by atoms with Crippen molar-refractivity contribution >= 4 is 29.0 Å². The van der Waals surface area contributed by atoms with Crippen molar-refractivity contribution in [3.8, 4) is 0 Å². The molecular weight excluding hydrogens is 293 g/mol. The minimum Gasteiger partial charge on any atom is -0.330 e. The van der Waals surface area contributed by atoms with Crippen molar-refractivity contribution in [3.63, 3.8) is 0 Å². The van der Waals surface area contributed by atoms with E-state index in [4.69, 9.17) is 28.9 Å². The Bertz CT molecular complexity index is 481. The van der Waals surface area contributed by atoms with Crippen molar-refractivity contribution in [1.29, 1.82) is 0 Å². The van der Waals surface area contributed by atoms with E-state index in [1.807, 2.05) is 0 Å². The molecule has 2 nitrogen and oxygen atoms in total. The minimum absolute atomic E-state index is 0.0143. The summed E-state index contributed by atoms with van der Waals surface area (Å²) < 4.78 is 0. The Morgan fingerprint density at radius 2 is 1.90 bits per heavy atom. The van der Waals surface area contributed by atoms with E-state index in [1.54, 1.807) is 18.2 Å². The summed E-state index contributed by atoms with van der Waals surface area (Å²) in [5.74, 6) is 0.210. The molecule has 1 aliphatic carbocycles. The molecule has 1 aromatic rings. The van der Waals surface area contributed by atoms with E-state index >= 15 is 0 Å². The second-order valence-electron chi connectivity index (χ2n) is 5.89. The van der Waals surface area contributed by atoms with Gasteiger partial charge in [0, 0.05) is 22.9 Å². The van der Waals surface area contributed by atoms with Crippen LogP contribution in [0.4, 0.5) is 0 Å². The number of rotatable bonds is 5. The van der Waals surface area contributed by atoms with Crippen LogP contribution in [0, 0.1) is 5.41 Å². The van der Waals surface area contributed by atoms with Gasteiger partial charge in [-0.1, -0.05) is 42.5 Å². The first-order valence-corrected chi connectivity index (χ1v) is 7.96. The average Bonchev–Trinajstić information content (AvgIpc) is 2.44. The zero-order valence-electron chi connectivity index (χ0n) is 11.6. The highest BCUT2D eigenvalue weighted by Gasteiger charge is 2.32. The summed E-state index contributed by atoms with van der Waals surface area (Å²) in [6, 6.07) is 5.25. The Morgan fingerprint density at radius 1 is 1.20 bits per heavy atom. The molecule has 0 aliphatic heterocycles. The number of nitrogens with two attached hydrogens (primary N) is 1. The number of carbonyl (C=O) groups is 1. The fourth-order valence-electron chi connectivity index (χ4n) is 3.13. The molecule has 1 aliphatic rings. The Kier molecular flexibility index (Phi) is 5.48. The largest absolute Gasteiger partial charge is 0.330 e. The third-order valence-corrected chi connectivity index (χ3v) is 4.92. The molecule has 1 saturated carbocycles. The van der Waals surface area contributed by atoms with Crippen LogP contribution in [0.2, 0.25) is 10.0 Å². The van der Waals surface area contributed by atoms with E-state index in [-0.39, 0.29) is 11.2 Å². The van der Waals surface area contributed by atoms with Crippen molar-refractivity contribution in [2.24, 2.45) is 11.1 Å². The molecule has 0 saturated heterocycles. The molecule has 0 bridgehead atoms. The van der Waals surface area contributed by atoms with Crippen LogP contribution >= 0.6 is 23.2 Å². The van der Waals surface area contributed by atoms with E-state index in [1.165, 1.54) is 19.3 Å². The van der Waals surface area contributed by atoms with Gasteiger partial charge in [-0.05, 0) is 48.6 Å². The highest BCUT2D eigenvalue weighted by molar-refractivity contribution is 6.33. The Labute approximate surface area is 130 Å². The summed E-state index contributed by atoms with van der Waals surface area (Å²) >= 11 is 12.1. The van der Waals surface area contributed by atoms with Crippen LogP contribution in [0.25, 0.3) is 0 Å². The molecule has 0 amide bonds. The van der Waals surface area contributed by atoms with Crippen LogP contribution in [-0.2, 0) is 11.2 Å². The molecule has 1 fully saturated rings. The number of benzene rings is 1. The van der Waals surface area contributed by atoms with Gasteiger partial charge in [0.2, 0.25) is 0 Å². The molecule has 0 spiro atoms. The third kappa shape index (κ3) is 3.97. The highest BCUT2D eigenvalue weighted by Crippen LogP contribution is 2.39. The quantitative estimate of drug-likeness (QED) is 0.875. The zero-order chi connectivity index (χ0) is 14.6. The summed E-state index contributed by atoms with van der Waals surface area (Å²) in [5, 5.41) is 1.22. The fraction of sp³-hybridized carbons (Fsp3) is 0.562. The highest BCUT2D eigenvalue weighted by atomic mass is 35.5. The third-order valence-electron chi connectivity index (χ3n) is 4.31. The predicted molar refractivity (Wildman–Crippen MR) is 84.4 cm³/mol. The fourth-order valence-corrected chi connectivity index (χ4v) is 3.51. The van der Waals surface area contributed by atoms with E-state index in [2.05, 4.69) is 0 Å². The van der Waals surface area contributed by atoms with Gasteiger partial charge in [0.05, 0.1) is 0 Å².